The maximum atomic E-state index is 12.6. The maximum Gasteiger partial charge on any atom is 0.419 e. The number of hydrogen-bond acceptors (Lipinski definition) is 2. The molecule has 7 heteroatoms. The molecule has 80 valence electrons. The highest BCUT2D eigenvalue weighted by molar-refractivity contribution is 5.85. The van der Waals surface area contributed by atoms with Crippen molar-refractivity contribution < 1.29 is 17.6 Å². The summed E-state index contributed by atoms with van der Waals surface area (Å²) in [5, 5.41) is 0. The number of nitrogens with one attached hydrogen (secondary N) is 1. The number of anilines is 1. The topological polar surface area (TPSA) is 38.0 Å². The molecule has 0 fully saturated rings. The Labute approximate surface area is 83.5 Å². The molecule has 14 heavy (non-hydrogen) atoms. The van der Waals surface area contributed by atoms with Gasteiger partial charge in [0.15, 0.2) is 0 Å². The van der Waals surface area contributed by atoms with E-state index < -0.39 is 17.6 Å². The molecule has 0 aliphatic rings. The van der Waals surface area contributed by atoms with Crippen LogP contribution < -0.4 is 11.3 Å². The lowest BCUT2D eigenvalue weighted by Gasteiger charge is -2.09. The Morgan fingerprint density at radius 2 is 1.79 bits per heavy atom. The van der Waals surface area contributed by atoms with Gasteiger partial charge in [0.25, 0.3) is 0 Å². The van der Waals surface area contributed by atoms with Crippen LogP contribution in [0.4, 0.5) is 23.2 Å². The zero-order valence-electron chi connectivity index (χ0n) is 6.73. The van der Waals surface area contributed by atoms with E-state index in [1.807, 2.05) is 5.43 Å². The van der Waals surface area contributed by atoms with Gasteiger partial charge in [-0.05, 0) is 18.2 Å². The monoisotopic (exact) mass is 230 g/mol. The summed E-state index contributed by atoms with van der Waals surface area (Å²) < 4.78 is 48.8. The fourth-order valence-electron chi connectivity index (χ4n) is 0.832. The van der Waals surface area contributed by atoms with Crippen molar-refractivity contribution >= 4 is 18.1 Å². The van der Waals surface area contributed by atoms with Crippen LogP contribution in [-0.4, -0.2) is 0 Å². The molecule has 0 aliphatic carbocycles. The van der Waals surface area contributed by atoms with Gasteiger partial charge < -0.3 is 5.43 Å². The van der Waals surface area contributed by atoms with Gasteiger partial charge in [0.1, 0.15) is 5.82 Å². The van der Waals surface area contributed by atoms with Crippen molar-refractivity contribution in [3.63, 3.8) is 0 Å². The van der Waals surface area contributed by atoms with Crippen LogP contribution in [0.25, 0.3) is 0 Å². The molecule has 0 radical (unpaired) electrons. The van der Waals surface area contributed by atoms with E-state index in [0.717, 1.165) is 6.07 Å². The molecule has 3 N–H and O–H groups in total. The number of nitrogen functional groups attached to an aromatic ring is 1. The fourth-order valence-corrected chi connectivity index (χ4v) is 0.832. The number of alkyl halides is 3. The average molecular weight is 231 g/mol. The molecule has 0 spiro atoms. The summed E-state index contributed by atoms with van der Waals surface area (Å²) in [6, 6.07) is 2.43. The van der Waals surface area contributed by atoms with Crippen LogP contribution in [0.3, 0.4) is 0 Å². The molecule has 1 rings (SSSR count). The zero-order valence-corrected chi connectivity index (χ0v) is 7.55. The summed E-state index contributed by atoms with van der Waals surface area (Å²) >= 11 is 0. The Balaban J connectivity index is 0.00000169. The smallest absolute Gasteiger partial charge is 0.324 e. The van der Waals surface area contributed by atoms with E-state index in [1.54, 1.807) is 0 Å². The van der Waals surface area contributed by atoms with Crippen molar-refractivity contribution in [2.45, 2.75) is 6.18 Å². The third-order valence-corrected chi connectivity index (χ3v) is 1.44. The van der Waals surface area contributed by atoms with E-state index >= 15 is 0 Å². The van der Waals surface area contributed by atoms with E-state index in [-0.39, 0.29) is 18.1 Å². The quantitative estimate of drug-likeness (QED) is 0.442. The minimum atomic E-state index is -4.70. The summed E-state index contributed by atoms with van der Waals surface area (Å²) in [6.07, 6.45) is -4.70. The minimum absolute atomic E-state index is 0. The van der Waals surface area contributed by atoms with Gasteiger partial charge >= 0.3 is 6.18 Å². The van der Waals surface area contributed by atoms with Crippen LogP contribution >= 0.6 is 12.4 Å². The number of halogens is 5. The van der Waals surface area contributed by atoms with E-state index in [0.29, 0.717) is 12.1 Å². The average Bonchev–Trinajstić information content (AvgIpc) is 2.03. The van der Waals surface area contributed by atoms with E-state index in [2.05, 4.69) is 0 Å². The van der Waals surface area contributed by atoms with Gasteiger partial charge in [-0.3, -0.25) is 5.84 Å². The molecule has 1 aromatic carbocycles. The zero-order chi connectivity index (χ0) is 10.1. The van der Waals surface area contributed by atoms with Gasteiger partial charge in [0.2, 0.25) is 0 Å². The molecular formula is C7H7ClF4N2. The number of hydrogen-bond donors (Lipinski definition) is 2. The largest absolute Gasteiger partial charge is 0.419 e. The second-order valence-electron chi connectivity index (χ2n) is 2.34. The van der Waals surface area contributed by atoms with Crippen LogP contribution in [0.5, 0.6) is 0 Å². The second kappa shape index (κ2) is 4.47. The first kappa shape index (κ1) is 13.0. The summed E-state index contributed by atoms with van der Waals surface area (Å²) in [6.45, 7) is 0. The molecule has 0 aromatic heterocycles. The number of rotatable bonds is 1. The van der Waals surface area contributed by atoms with Crippen molar-refractivity contribution in [1.82, 2.24) is 0 Å². The highest BCUT2D eigenvalue weighted by Crippen LogP contribution is 2.32. The second-order valence-corrected chi connectivity index (χ2v) is 2.34. The number of benzene rings is 1. The van der Waals surface area contributed by atoms with Crippen LogP contribution in [-0.2, 0) is 6.18 Å². The summed E-state index contributed by atoms with van der Waals surface area (Å²) in [4.78, 5) is 0. The Bertz CT molecular complexity index is 313. The molecule has 0 atom stereocenters. The van der Waals surface area contributed by atoms with E-state index in [9.17, 15) is 17.6 Å². The van der Waals surface area contributed by atoms with Crippen molar-refractivity contribution in [3.8, 4) is 0 Å². The van der Waals surface area contributed by atoms with Gasteiger partial charge in [-0.25, -0.2) is 4.39 Å². The summed E-state index contributed by atoms with van der Waals surface area (Å²) in [5.74, 6) is 3.56. The molecule has 0 aliphatic heterocycles. The third-order valence-electron chi connectivity index (χ3n) is 1.44. The predicted molar refractivity (Wildman–Crippen MR) is 46.5 cm³/mol. The van der Waals surface area contributed by atoms with Crippen molar-refractivity contribution in [2.75, 3.05) is 5.43 Å². The summed E-state index contributed by atoms with van der Waals surface area (Å²) in [5.41, 5.74) is 0.677. The first-order valence-electron chi connectivity index (χ1n) is 3.28. The third kappa shape index (κ3) is 2.74. The van der Waals surface area contributed by atoms with Gasteiger partial charge in [0.05, 0.1) is 5.56 Å². The van der Waals surface area contributed by atoms with E-state index in [4.69, 9.17) is 5.84 Å². The van der Waals surface area contributed by atoms with Crippen molar-refractivity contribution in [2.24, 2.45) is 5.84 Å². The van der Waals surface area contributed by atoms with Crippen LogP contribution in [0, 0.1) is 5.82 Å². The maximum absolute atomic E-state index is 12.6. The van der Waals surface area contributed by atoms with Gasteiger partial charge in [-0.15, -0.1) is 12.4 Å². The molecule has 0 amide bonds. The molecule has 0 unspecified atom stereocenters. The first-order valence-corrected chi connectivity index (χ1v) is 3.28. The Morgan fingerprint density at radius 3 is 2.21 bits per heavy atom. The highest BCUT2D eigenvalue weighted by atomic mass is 35.5. The Hall–Kier alpha value is -1.01. The Kier molecular flexibility index (Phi) is 4.15. The molecule has 0 saturated carbocycles. The predicted octanol–water partition coefficient (Wildman–Crippen LogP) is 2.55. The lowest BCUT2D eigenvalue weighted by Crippen LogP contribution is -2.11. The summed E-state index contributed by atoms with van der Waals surface area (Å²) in [7, 11) is 0. The van der Waals surface area contributed by atoms with Crippen LogP contribution in [0.15, 0.2) is 18.2 Å². The lowest BCUT2D eigenvalue weighted by atomic mass is 10.2. The minimum Gasteiger partial charge on any atom is -0.324 e. The van der Waals surface area contributed by atoms with Crippen LogP contribution in [0.1, 0.15) is 5.56 Å². The molecule has 0 heterocycles. The molecule has 0 saturated heterocycles. The van der Waals surface area contributed by atoms with Gasteiger partial charge in [0, 0.05) is 5.69 Å². The molecule has 2 nitrogen and oxygen atoms in total. The van der Waals surface area contributed by atoms with Gasteiger partial charge in [-0.1, -0.05) is 0 Å². The molecule has 0 bridgehead atoms. The number of hydrazine groups is 1. The van der Waals surface area contributed by atoms with Crippen LogP contribution in [0.2, 0.25) is 0 Å². The highest BCUT2D eigenvalue weighted by Gasteiger charge is 2.34. The van der Waals surface area contributed by atoms with Crippen molar-refractivity contribution in [1.29, 1.82) is 0 Å². The SMILES string of the molecule is Cl.NNc1ccc(F)c(C(F)(F)F)c1. The molecular weight excluding hydrogens is 224 g/mol. The normalized spacial score (nSPS) is 10.6. The fraction of sp³-hybridized carbons (Fsp3) is 0.143. The van der Waals surface area contributed by atoms with Crippen molar-refractivity contribution in [3.05, 3.63) is 29.6 Å². The molecule has 1 aromatic rings. The number of nitrogens with two attached hydrogens (primary N) is 1. The lowest BCUT2D eigenvalue weighted by molar-refractivity contribution is -0.139. The van der Waals surface area contributed by atoms with Gasteiger partial charge in [-0.2, -0.15) is 13.2 Å². The Morgan fingerprint density at radius 1 is 1.21 bits per heavy atom. The van der Waals surface area contributed by atoms with E-state index in [1.165, 1.54) is 0 Å². The first-order chi connectivity index (χ1) is 5.95. The standard InChI is InChI=1S/C7H6F4N2.ClH/c8-6-2-1-4(13-12)3-5(6)7(9,10)11;/h1-3,13H,12H2;1H.